The van der Waals surface area contributed by atoms with E-state index < -0.39 is 15.7 Å². The molecule has 3 aliphatic rings. The number of carbonyl (C=O) groups is 1. The number of hydrogen-bond acceptors (Lipinski definition) is 10. The van der Waals surface area contributed by atoms with Crippen molar-refractivity contribution in [2.45, 2.75) is 60.9 Å². The number of aromatic nitrogens is 1. The average molecular weight is 562 g/mol. The molecule has 2 aromatic rings. The minimum absolute atomic E-state index is 0.0646. The van der Waals surface area contributed by atoms with E-state index in [1.54, 1.807) is 18.3 Å². The lowest BCUT2D eigenvalue weighted by Crippen LogP contribution is -2.41. The predicted octanol–water partition coefficient (Wildman–Crippen LogP) is 2.75. The number of anilines is 1. The SMILES string of the molecule is CN(C)C1CCN(Cc2cnc(NC(=O)/C(=N/O[C@@H]3CCOC3)c3ccc(S(=O)(=O)C4CC4)cc3)s2)CC1. The second-order valence-corrected chi connectivity index (χ2v) is 13.7. The maximum atomic E-state index is 13.3. The molecule has 12 heteroatoms. The van der Waals surface area contributed by atoms with Crippen molar-refractivity contribution < 1.29 is 22.8 Å². The molecule has 1 aliphatic carbocycles. The second-order valence-electron chi connectivity index (χ2n) is 10.4. The molecule has 1 aromatic heterocycles. The summed E-state index contributed by atoms with van der Waals surface area (Å²) in [6, 6.07) is 6.90. The fourth-order valence-corrected chi connectivity index (χ4v) is 7.24. The van der Waals surface area contributed by atoms with Gasteiger partial charge < -0.3 is 14.5 Å². The lowest BCUT2D eigenvalue weighted by atomic mass is 10.0. The first kappa shape index (κ1) is 27.2. The van der Waals surface area contributed by atoms with Crippen LogP contribution in [-0.4, -0.2) is 92.6 Å². The largest absolute Gasteiger partial charge is 0.389 e. The van der Waals surface area contributed by atoms with Crippen LogP contribution >= 0.6 is 11.3 Å². The number of ether oxygens (including phenoxy) is 1. The molecule has 2 aliphatic heterocycles. The van der Waals surface area contributed by atoms with Gasteiger partial charge in [0.2, 0.25) is 0 Å². The molecule has 0 bridgehead atoms. The Kier molecular flexibility index (Phi) is 8.44. The van der Waals surface area contributed by atoms with Crippen LogP contribution in [0.3, 0.4) is 0 Å². The molecular formula is C26H35N5O5S2. The van der Waals surface area contributed by atoms with Gasteiger partial charge in [-0.2, -0.15) is 0 Å². The standard InChI is InChI=1S/C26H35N5O5S2/c1-30(2)19-9-12-31(13-10-19)16-21-15-27-26(37-21)28-25(32)24(29-36-20-11-14-35-17-20)18-3-5-22(6-4-18)38(33,34)23-7-8-23/h3-6,15,19-20,23H,7-14,16-17H2,1-2H3,(H,27,28,32)/b29-24+/t20-/m1/s1. The van der Waals surface area contributed by atoms with Gasteiger partial charge in [-0.05, 0) is 51.9 Å². The smallest absolute Gasteiger partial charge is 0.280 e. The van der Waals surface area contributed by atoms with Crippen molar-refractivity contribution in [1.29, 1.82) is 0 Å². The zero-order valence-electron chi connectivity index (χ0n) is 21.8. The minimum Gasteiger partial charge on any atom is -0.389 e. The molecule has 2 saturated heterocycles. The molecule has 0 unspecified atom stereocenters. The van der Waals surface area contributed by atoms with Gasteiger partial charge in [-0.25, -0.2) is 13.4 Å². The lowest BCUT2D eigenvalue weighted by Gasteiger charge is -2.34. The van der Waals surface area contributed by atoms with E-state index in [1.165, 1.54) is 23.5 Å². The lowest BCUT2D eigenvalue weighted by molar-refractivity contribution is -0.110. The van der Waals surface area contributed by atoms with Crippen LogP contribution in [0.4, 0.5) is 5.13 Å². The van der Waals surface area contributed by atoms with Crippen LogP contribution in [0.1, 0.15) is 42.5 Å². The summed E-state index contributed by atoms with van der Waals surface area (Å²) in [7, 11) is 0.942. The first-order valence-corrected chi connectivity index (χ1v) is 15.5. The number of amides is 1. The van der Waals surface area contributed by atoms with Gasteiger partial charge in [-0.1, -0.05) is 17.3 Å². The van der Waals surface area contributed by atoms with Gasteiger partial charge in [0.1, 0.15) is 0 Å². The monoisotopic (exact) mass is 561 g/mol. The molecule has 0 radical (unpaired) electrons. The molecular weight excluding hydrogens is 526 g/mol. The first-order valence-electron chi connectivity index (χ1n) is 13.1. The molecule has 1 N–H and O–H groups in total. The maximum Gasteiger partial charge on any atom is 0.280 e. The van der Waals surface area contributed by atoms with Crippen molar-refractivity contribution >= 4 is 37.9 Å². The Hall–Kier alpha value is -2.38. The van der Waals surface area contributed by atoms with Crippen molar-refractivity contribution in [2.24, 2.45) is 5.16 Å². The molecule has 3 fully saturated rings. The van der Waals surface area contributed by atoms with E-state index in [1.807, 2.05) is 0 Å². The third-order valence-corrected chi connectivity index (χ3v) is 10.4. The zero-order chi connectivity index (χ0) is 26.7. The fourth-order valence-electron chi connectivity index (χ4n) is 4.73. The highest BCUT2D eigenvalue weighted by Gasteiger charge is 2.37. The highest BCUT2D eigenvalue weighted by molar-refractivity contribution is 7.92. The number of nitrogens with zero attached hydrogens (tertiary/aromatic N) is 4. The number of carbonyl (C=O) groups excluding carboxylic acids is 1. The maximum absolute atomic E-state index is 13.3. The Balaban J connectivity index is 1.26. The highest BCUT2D eigenvalue weighted by atomic mass is 32.2. The number of thiazole rings is 1. The summed E-state index contributed by atoms with van der Waals surface area (Å²) < 4.78 is 30.5. The fraction of sp³-hybridized carbons (Fsp3) is 0.577. The molecule has 1 saturated carbocycles. The quantitative estimate of drug-likeness (QED) is 0.348. The third kappa shape index (κ3) is 6.60. The van der Waals surface area contributed by atoms with Crippen LogP contribution in [0.2, 0.25) is 0 Å². The number of rotatable bonds is 10. The van der Waals surface area contributed by atoms with E-state index in [0.717, 1.165) is 37.4 Å². The molecule has 3 heterocycles. The number of hydrogen-bond donors (Lipinski definition) is 1. The van der Waals surface area contributed by atoms with Gasteiger partial charge in [0, 0.05) is 48.7 Å². The van der Waals surface area contributed by atoms with Crippen LogP contribution in [0.15, 0.2) is 40.5 Å². The Morgan fingerprint density at radius 2 is 1.92 bits per heavy atom. The molecule has 1 amide bonds. The van der Waals surface area contributed by atoms with E-state index >= 15 is 0 Å². The van der Waals surface area contributed by atoms with Gasteiger partial charge in [-0.3, -0.25) is 15.0 Å². The molecule has 38 heavy (non-hydrogen) atoms. The zero-order valence-corrected chi connectivity index (χ0v) is 23.5. The van der Waals surface area contributed by atoms with E-state index in [4.69, 9.17) is 9.57 Å². The van der Waals surface area contributed by atoms with Crippen molar-refractivity contribution in [2.75, 3.05) is 45.7 Å². The molecule has 1 atom stereocenters. The minimum atomic E-state index is -3.32. The van der Waals surface area contributed by atoms with Crippen molar-refractivity contribution in [3.63, 3.8) is 0 Å². The molecule has 5 rings (SSSR count). The van der Waals surface area contributed by atoms with Crippen LogP contribution in [0.25, 0.3) is 0 Å². The molecule has 0 spiro atoms. The van der Waals surface area contributed by atoms with Crippen molar-refractivity contribution in [3.05, 3.63) is 40.9 Å². The Morgan fingerprint density at radius 3 is 2.55 bits per heavy atom. The Morgan fingerprint density at radius 1 is 1.18 bits per heavy atom. The number of benzene rings is 1. The summed E-state index contributed by atoms with van der Waals surface area (Å²) in [5.41, 5.74) is 0.534. The van der Waals surface area contributed by atoms with E-state index in [2.05, 4.69) is 39.4 Å². The number of sulfone groups is 1. The van der Waals surface area contributed by atoms with Gasteiger partial charge in [0.25, 0.3) is 5.91 Å². The van der Waals surface area contributed by atoms with Crippen LogP contribution in [-0.2, 0) is 30.8 Å². The topological polar surface area (TPSA) is 113 Å². The van der Waals surface area contributed by atoms with E-state index in [-0.39, 0.29) is 22.0 Å². The number of oxime groups is 1. The summed E-state index contributed by atoms with van der Waals surface area (Å²) in [6.45, 7) is 3.88. The van der Waals surface area contributed by atoms with Crippen LogP contribution < -0.4 is 5.32 Å². The normalized spacial score (nSPS) is 21.7. The number of nitrogens with one attached hydrogen (secondary N) is 1. The van der Waals surface area contributed by atoms with Gasteiger partial charge in [0.05, 0.1) is 23.4 Å². The first-order chi connectivity index (χ1) is 18.3. The van der Waals surface area contributed by atoms with Crippen LogP contribution in [0, 0.1) is 0 Å². The highest BCUT2D eigenvalue weighted by Crippen LogP contribution is 2.33. The number of likely N-dealkylation sites (tertiary alicyclic amines) is 1. The summed E-state index contributed by atoms with van der Waals surface area (Å²) in [6.07, 6.45) is 5.94. The molecule has 206 valence electrons. The van der Waals surface area contributed by atoms with Gasteiger partial charge >= 0.3 is 0 Å². The summed E-state index contributed by atoms with van der Waals surface area (Å²) >= 11 is 1.44. The van der Waals surface area contributed by atoms with Crippen molar-refractivity contribution in [1.82, 2.24) is 14.8 Å². The summed E-state index contributed by atoms with van der Waals surface area (Å²) in [5, 5.41) is 7.21. The average Bonchev–Trinajstić information content (AvgIpc) is 3.49. The summed E-state index contributed by atoms with van der Waals surface area (Å²) in [5.74, 6) is -0.464. The summed E-state index contributed by atoms with van der Waals surface area (Å²) in [4.78, 5) is 29.4. The third-order valence-electron chi connectivity index (χ3n) is 7.26. The Labute approximate surface area is 227 Å². The van der Waals surface area contributed by atoms with Gasteiger partial charge in [0.15, 0.2) is 26.8 Å². The Bertz CT molecular complexity index is 1240. The molecule has 1 aromatic carbocycles. The number of piperidine rings is 1. The predicted molar refractivity (Wildman–Crippen MR) is 146 cm³/mol. The van der Waals surface area contributed by atoms with Crippen molar-refractivity contribution in [3.8, 4) is 0 Å². The van der Waals surface area contributed by atoms with Gasteiger partial charge in [-0.15, -0.1) is 11.3 Å². The second kappa shape index (κ2) is 11.8. The van der Waals surface area contributed by atoms with E-state index in [9.17, 15) is 13.2 Å². The van der Waals surface area contributed by atoms with E-state index in [0.29, 0.717) is 49.2 Å². The molecule has 10 nitrogen and oxygen atoms in total. The van der Waals surface area contributed by atoms with Crippen LogP contribution in [0.5, 0.6) is 0 Å².